The first kappa shape index (κ1) is 12.0. The number of nitrogens with one attached hydrogen (secondary N) is 1. The number of hydrogen-bond donors (Lipinski definition) is 1. The number of carbonyl (C=O) groups is 1. The van der Waals surface area contributed by atoms with E-state index in [9.17, 15) is 4.79 Å². The molecule has 0 bridgehead atoms. The van der Waals surface area contributed by atoms with Crippen LogP contribution in [0.25, 0.3) is 0 Å². The highest BCUT2D eigenvalue weighted by molar-refractivity contribution is 5.93. The van der Waals surface area contributed by atoms with E-state index in [0.717, 1.165) is 12.2 Å². The van der Waals surface area contributed by atoms with Gasteiger partial charge in [0.05, 0.1) is 0 Å². The number of nitrogens with zero attached hydrogens (tertiary/aromatic N) is 2. The summed E-state index contributed by atoms with van der Waals surface area (Å²) in [6, 6.07) is 4.41. The second-order valence-electron chi connectivity index (χ2n) is 4.32. The van der Waals surface area contributed by atoms with Gasteiger partial charge in [-0.2, -0.15) is 0 Å². The molecule has 1 aromatic heterocycles. The van der Waals surface area contributed by atoms with Gasteiger partial charge in [-0.05, 0) is 31.9 Å². The Bertz CT molecular complexity index is 362. The summed E-state index contributed by atoms with van der Waals surface area (Å²) in [6.45, 7) is 3.48. The molecule has 92 valence electrons. The van der Waals surface area contributed by atoms with Crippen LogP contribution in [0.15, 0.2) is 24.5 Å². The Kier molecular flexibility index (Phi) is 4.09. The molecule has 0 spiro atoms. The number of hydrogen-bond acceptors (Lipinski definition) is 3. The minimum atomic E-state index is 0.173. The van der Waals surface area contributed by atoms with Crippen molar-refractivity contribution in [1.82, 2.24) is 10.3 Å². The first-order chi connectivity index (χ1) is 8.31. The molecule has 1 N–H and O–H groups in total. The van der Waals surface area contributed by atoms with Gasteiger partial charge in [-0.3, -0.25) is 9.78 Å². The van der Waals surface area contributed by atoms with Crippen LogP contribution in [0.4, 0.5) is 5.69 Å². The van der Waals surface area contributed by atoms with Gasteiger partial charge < -0.3 is 10.2 Å². The molecular formula is C13H19N3O. The lowest BCUT2D eigenvalue weighted by Crippen LogP contribution is -2.33. The van der Waals surface area contributed by atoms with Gasteiger partial charge in [-0.25, -0.2) is 0 Å². The van der Waals surface area contributed by atoms with E-state index in [1.165, 1.54) is 12.8 Å². The van der Waals surface area contributed by atoms with Crippen LogP contribution in [0, 0.1) is 0 Å². The van der Waals surface area contributed by atoms with E-state index in [4.69, 9.17) is 0 Å². The van der Waals surface area contributed by atoms with Crippen molar-refractivity contribution in [2.75, 3.05) is 18.0 Å². The third kappa shape index (κ3) is 3.53. The molecule has 0 radical (unpaired) electrons. The summed E-state index contributed by atoms with van der Waals surface area (Å²) < 4.78 is 0. The lowest BCUT2D eigenvalue weighted by molar-refractivity contribution is -0.118. The highest BCUT2D eigenvalue weighted by atomic mass is 16.2. The van der Waals surface area contributed by atoms with Gasteiger partial charge in [0.2, 0.25) is 5.91 Å². The van der Waals surface area contributed by atoms with Crippen LogP contribution in [0.3, 0.4) is 0 Å². The van der Waals surface area contributed by atoms with E-state index in [1.807, 2.05) is 19.1 Å². The van der Waals surface area contributed by atoms with Crippen molar-refractivity contribution in [2.45, 2.75) is 32.2 Å². The average molecular weight is 233 g/mol. The molecule has 1 aromatic rings. The molecule has 0 unspecified atom stereocenters. The fraction of sp³-hybridized carbons (Fsp3) is 0.538. The maximum Gasteiger partial charge on any atom is 0.228 e. The second kappa shape index (κ2) is 5.77. The molecular weight excluding hydrogens is 214 g/mol. The maximum absolute atomic E-state index is 12.0. The van der Waals surface area contributed by atoms with Gasteiger partial charge in [-0.15, -0.1) is 0 Å². The van der Waals surface area contributed by atoms with Gasteiger partial charge >= 0.3 is 0 Å². The fourth-order valence-electron chi connectivity index (χ4n) is 1.83. The molecule has 4 heteroatoms. The lowest BCUT2D eigenvalue weighted by Gasteiger charge is -2.20. The average Bonchev–Trinajstić information content (AvgIpc) is 3.15. The molecule has 1 amide bonds. The fourth-order valence-corrected chi connectivity index (χ4v) is 1.83. The predicted molar refractivity (Wildman–Crippen MR) is 67.9 cm³/mol. The summed E-state index contributed by atoms with van der Waals surface area (Å²) in [6.07, 6.45) is 6.51. The Hall–Kier alpha value is -1.42. The Morgan fingerprint density at radius 1 is 1.47 bits per heavy atom. The largest absolute Gasteiger partial charge is 0.313 e. The summed E-state index contributed by atoms with van der Waals surface area (Å²) in [5.41, 5.74) is 0.930. The predicted octanol–water partition coefficient (Wildman–Crippen LogP) is 1.58. The Morgan fingerprint density at radius 3 is 2.76 bits per heavy atom. The summed E-state index contributed by atoms with van der Waals surface area (Å²) in [4.78, 5) is 17.8. The number of anilines is 1. The quantitative estimate of drug-likeness (QED) is 0.811. The summed E-state index contributed by atoms with van der Waals surface area (Å²) >= 11 is 0. The van der Waals surface area contributed by atoms with Crippen LogP contribution < -0.4 is 10.2 Å². The van der Waals surface area contributed by atoms with Crippen LogP contribution in [0.1, 0.15) is 26.2 Å². The molecule has 1 fully saturated rings. The number of amides is 1. The Labute approximate surface area is 102 Å². The molecule has 2 rings (SSSR count). The number of carbonyl (C=O) groups excluding carboxylic acids is 1. The minimum absolute atomic E-state index is 0.173. The van der Waals surface area contributed by atoms with E-state index in [2.05, 4.69) is 10.3 Å². The van der Waals surface area contributed by atoms with Gasteiger partial charge in [-0.1, -0.05) is 0 Å². The summed E-state index contributed by atoms with van der Waals surface area (Å²) in [5, 5.41) is 3.36. The van der Waals surface area contributed by atoms with Crippen molar-refractivity contribution in [2.24, 2.45) is 0 Å². The van der Waals surface area contributed by atoms with Crippen molar-refractivity contribution >= 4 is 11.6 Å². The molecule has 0 saturated heterocycles. The van der Waals surface area contributed by atoms with Gasteiger partial charge in [0, 0.05) is 43.6 Å². The van der Waals surface area contributed by atoms with Gasteiger partial charge in [0.1, 0.15) is 0 Å². The normalized spacial score (nSPS) is 14.6. The standard InChI is InChI=1S/C13H19N3O/c1-2-16(12-5-8-14-9-6-12)13(17)7-10-15-11-3-4-11/h5-6,8-9,11,15H,2-4,7,10H2,1H3. The van der Waals surface area contributed by atoms with Crippen molar-refractivity contribution in [1.29, 1.82) is 0 Å². The zero-order valence-electron chi connectivity index (χ0n) is 10.2. The molecule has 1 aliphatic rings. The first-order valence-corrected chi connectivity index (χ1v) is 6.25. The zero-order valence-corrected chi connectivity index (χ0v) is 10.2. The SMILES string of the molecule is CCN(C(=O)CCNC1CC1)c1ccncc1. The summed E-state index contributed by atoms with van der Waals surface area (Å²) in [5.74, 6) is 0.173. The molecule has 1 aliphatic carbocycles. The van der Waals surface area contributed by atoms with Crippen molar-refractivity contribution in [3.05, 3.63) is 24.5 Å². The highest BCUT2D eigenvalue weighted by Gasteiger charge is 2.21. The lowest BCUT2D eigenvalue weighted by atomic mass is 10.3. The molecule has 1 saturated carbocycles. The smallest absolute Gasteiger partial charge is 0.228 e. The third-order valence-electron chi connectivity index (χ3n) is 2.94. The maximum atomic E-state index is 12.0. The Morgan fingerprint density at radius 2 is 2.18 bits per heavy atom. The molecule has 0 aliphatic heterocycles. The topological polar surface area (TPSA) is 45.2 Å². The number of pyridine rings is 1. The molecule has 1 heterocycles. The second-order valence-corrected chi connectivity index (χ2v) is 4.32. The van der Waals surface area contributed by atoms with Crippen molar-refractivity contribution < 1.29 is 4.79 Å². The number of rotatable bonds is 6. The van der Waals surface area contributed by atoms with E-state index in [0.29, 0.717) is 19.0 Å². The van der Waals surface area contributed by atoms with Crippen LogP contribution >= 0.6 is 0 Å². The molecule has 17 heavy (non-hydrogen) atoms. The van der Waals surface area contributed by atoms with Gasteiger partial charge in [0.15, 0.2) is 0 Å². The van der Waals surface area contributed by atoms with Crippen molar-refractivity contribution in [3.8, 4) is 0 Å². The summed E-state index contributed by atoms with van der Waals surface area (Å²) in [7, 11) is 0. The van der Waals surface area contributed by atoms with Crippen LogP contribution in [-0.2, 0) is 4.79 Å². The Balaban J connectivity index is 1.85. The van der Waals surface area contributed by atoms with Crippen LogP contribution in [0.2, 0.25) is 0 Å². The van der Waals surface area contributed by atoms with E-state index < -0.39 is 0 Å². The van der Waals surface area contributed by atoms with E-state index in [1.54, 1.807) is 17.3 Å². The zero-order chi connectivity index (χ0) is 12.1. The molecule has 0 aromatic carbocycles. The highest BCUT2D eigenvalue weighted by Crippen LogP contribution is 2.18. The van der Waals surface area contributed by atoms with Crippen LogP contribution in [0.5, 0.6) is 0 Å². The monoisotopic (exact) mass is 233 g/mol. The first-order valence-electron chi connectivity index (χ1n) is 6.25. The number of aromatic nitrogens is 1. The van der Waals surface area contributed by atoms with Gasteiger partial charge in [0.25, 0.3) is 0 Å². The molecule has 0 atom stereocenters. The molecule has 4 nitrogen and oxygen atoms in total. The van der Waals surface area contributed by atoms with Crippen LogP contribution in [-0.4, -0.2) is 30.0 Å². The minimum Gasteiger partial charge on any atom is -0.313 e. The third-order valence-corrected chi connectivity index (χ3v) is 2.94. The van der Waals surface area contributed by atoms with E-state index >= 15 is 0 Å². The van der Waals surface area contributed by atoms with Crippen molar-refractivity contribution in [3.63, 3.8) is 0 Å². The van der Waals surface area contributed by atoms with E-state index in [-0.39, 0.29) is 5.91 Å².